The number of imidazole rings is 1. The summed E-state index contributed by atoms with van der Waals surface area (Å²) >= 11 is 6.64. The number of nitrogens with zero attached hydrogens (tertiary/aromatic N) is 2. The predicted molar refractivity (Wildman–Crippen MR) is 86.9 cm³/mol. The summed E-state index contributed by atoms with van der Waals surface area (Å²) in [6.45, 7) is 0.470. The third-order valence-electron chi connectivity index (χ3n) is 3.13. The third-order valence-corrected chi connectivity index (χ3v) is 4.22. The minimum Gasteiger partial charge on any atom is -0.389 e. The van der Waals surface area contributed by atoms with Gasteiger partial charge in [-0.05, 0) is 35.2 Å². The summed E-state index contributed by atoms with van der Waals surface area (Å²) in [6.07, 6.45) is 3.60. The van der Waals surface area contributed by atoms with E-state index in [0.717, 1.165) is 16.3 Å². The lowest BCUT2D eigenvalue weighted by Gasteiger charge is -2.11. The van der Waals surface area contributed by atoms with Crippen LogP contribution in [0.3, 0.4) is 0 Å². The molecule has 2 N–H and O–H groups in total. The number of aromatic nitrogens is 2. The lowest BCUT2D eigenvalue weighted by atomic mass is 10.1. The fourth-order valence-corrected chi connectivity index (χ4v) is 3.12. The minimum absolute atomic E-state index is 0.266. The fourth-order valence-electron chi connectivity index (χ4n) is 2.18. The number of nitrogens with two attached hydrogens (primary N) is 1. The molecule has 0 unspecified atom stereocenters. The molecule has 2 heterocycles. The van der Waals surface area contributed by atoms with Crippen molar-refractivity contribution < 1.29 is 4.39 Å². The van der Waals surface area contributed by atoms with Gasteiger partial charge in [-0.25, -0.2) is 9.37 Å². The van der Waals surface area contributed by atoms with E-state index in [9.17, 15) is 4.39 Å². The quantitative estimate of drug-likeness (QED) is 0.750. The van der Waals surface area contributed by atoms with E-state index in [1.54, 1.807) is 23.6 Å². The van der Waals surface area contributed by atoms with Gasteiger partial charge in [-0.2, -0.15) is 0 Å². The van der Waals surface area contributed by atoms with Crippen molar-refractivity contribution in [3.63, 3.8) is 0 Å². The highest BCUT2D eigenvalue weighted by Crippen LogP contribution is 2.24. The van der Waals surface area contributed by atoms with Crippen LogP contribution in [-0.4, -0.2) is 14.5 Å². The van der Waals surface area contributed by atoms with Gasteiger partial charge in [-0.15, -0.1) is 11.3 Å². The highest BCUT2D eigenvalue weighted by Gasteiger charge is 2.11. The van der Waals surface area contributed by atoms with Crippen LogP contribution in [-0.2, 0) is 6.54 Å². The molecule has 2 aromatic heterocycles. The van der Waals surface area contributed by atoms with Crippen LogP contribution >= 0.6 is 23.6 Å². The van der Waals surface area contributed by atoms with Gasteiger partial charge in [0.1, 0.15) is 16.6 Å². The topological polar surface area (TPSA) is 43.8 Å². The molecular formula is C15H12FN3S2. The molecule has 0 spiro atoms. The van der Waals surface area contributed by atoms with Crippen LogP contribution in [0.4, 0.5) is 4.39 Å². The lowest BCUT2D eigenvalue weighted by Crippen LogP contribution is -2.14. The lowest BCUT2D eigenvalue weighted by molar-refractivity contribution is 0.623. The van der Waals surface area contributed by atoms with Crippen molar-refractivity contribution >= 4 is 28.5 Å². The fraction of sp³-hybridized carbons (Fsp3) is 0.0667. The Morgan fingerprint density at radius 1 is 1.38 bits per heavy atom. The monoisotopic (exact) mass is 317 g/mol. The molecule has 3 rings (SSSR count). The van der Waals surface area contributed by atoms with Crippen LogP contribution in [0.25, 0.3) is 10.7 Å². The minimum atomic E-state index is -0.303. The molecule has 0 atom stereocenters. The van der Waals surface area contributed by atoms with E-state index in [-0.39, 0.29) is 10.8 Å². The highest BCUT2D eigenvalue weighted by molar-refractivity contribution is 7.80. The molecule has 1 aromatic carbocycles. The molecule has 0 amide bonds. The van der Waals surface area contributed by atoms with Crippen molar-refractivity contribution in [2.75, 3.05) is 0 Å². The molecule has 0 saturated heterocycles. The molecule has 3 nitrogen and oxygen atoms in total. The first-order valence-electron chi connectivity index (χ1n) is 6.28. The van der Waals surface area contributed by atoms with Gasteiger partial charge in [0.2, 0.25) is 0 Å². The van der Waals surface area contributed by atoms with Crippen molar-refractivity contribution in [1.29, 1.82) is 0 Å². The second-order valence-corrected chi connectivity index (χ2v) is 5.91. The average Bonchev–Trinajstić information content (AvgIpc) is 3.08. The van der Waals surface area contributed by atoms with Crippen LogP contribution in [0.15, 0.2) is 48.1 Å². The van der Waals surface area contributed by atoms with Crippen LogP contribution in [0.5, 0.6) is 0 Å². The number of hydrogen-bond donors (Lipinski definition) is 1. The summed E-state index contributed by atoms with van der Waals surface area (Å²) in [6, 6.07) is 8.43. The largest absolute Gasteiger partial charge is 0.389 e. The Balaban J connectivity index is 2.00. The standard InChI is InChI=1S/C15H12FN3S2/c16-11-3-4-12(14(17)20)10(8-11)9-19-6-5-18-15(19)13-2-1-7-21-13/h1-8H,9H2,(H2,17,20). The van der Waals surface area contributed by atoms with E-state index in [2.05, 4.69) is 4.98 Å². The summed E-state index contributed by atoms with van der Waals surface area (Å²) in [4.78, 5) is 5.70. The number of benzene rings is 1. The van der Waals surface area contributed by atoms with Crippen molar-refractivity contribution in [1.82, 2.24) is 9.55 Å². The Kier molecular flexibility index (Phi) is 3.81. The molecule has 3 aromatic rings. The zero-order chi connectivity index (χ0) is 14.8. The Hall–Kier alpha value is -2.05. The molecule has 21 heavy (non-hydrogen) atoms. The van der Waals surface area contributed by atoms with E-state index in [4.69, 9.17) is 18.0 Å². The van der Waals surface area contributed by atoms with Gasteiger partial charge in [-0.1, -0.05) is 18.3 Å². The summed E-state index contributed by atoms with van der Waals surface area (Å²) in [5.41, 5.74) is 7.15. The van der Waals surface area contributed by atoms with E-state index < -0.39 is 0 Å². The summed E-state index contributed by atoms with van der Waals surface area (Å²) in [7, 11) is 0. The molecule has 0 aliphatic carbocycles. The Bertz CT molecular complexity index is 778. The maximum Gasteiger partial charge on any atom is 0.150 e. The smallest absolute Gasteiger partial charge is 0.150 e. The van der Waals surface area contributed by atoms with Gasteiger partial charge in [0.25, 0.3) is 0 Å². The molecule has 6 heteroatoms. The molecule has 0 radical (unpaired) electrons. The maximum absolute atomic E-state index is 13.5. The Labute approximate surface area is 130 Å². The number of thiocarbonyl (C=S) groups is 1. The van der Waals surface area contributed by atoms with Gasteiger partial charge < -0.3 is 10.3 Å². The Morgan fingerprint density at radius 3 is 2.95 bits per heavy atom. The number of rotatable bonds is 4. The van der Waals surface area contributed by atoms with Crippen molar-refractivity contribution in [2.45, 2.75) is 6.54 Å². The van der Waals surface area contributed by atoms with E-state index in [0.29, 0.717) is 12.1 Å². The van der Waals surface area contributed by atoms with Gasteiger partial charge >= 0.3 is 0 Å². The molecule has 0 fully saturated rings. The second-order valence-electron chi connectivity index (χ2n) is 4.52. The molecule has 0 saturated carbocycles. The number of halogens is 1. The SMILES string of the molecule is NC(=S)c1ccc(F)cc1Cn1ccnc1-c1cccs1. The third kappa shape index (κ3) is 2.86. The van der Waals surface area contributed by atoms with Crippen LogP contribution in [0.2, 0.25) is 0 Å². The first-order valence-corrected chi connectivity index (χ1v) is 7.57. The molecule has 106 valence electrons. The first-order chi connectivity index (χ1) is 10.1. The zero-order valence-corrected chi connectivity index (χ0v) is 12.6. The second kappa shape index (κ2) is 5.75. The van der Waals surface area contributed by atoms with Crippen LogP contribution < -0.4 is 5.73 Å². The summed E-state index contributed by atoms with van der Waals surface area (Å²) in [5, 5.41) is 2.00. The van der Waals surface area contributed by atoms with E-state index >= 15 is 0 Å². The van der Waals surface area contributed by atoms with Gasteiger partial charge in [0, 0.05) is 24.5 Å². The first kappa shape index (κ1) is 13.9. The zero-order valence-electron chi connectivity index (χ0n) is 11.0. The predicted octanol–water partition coefficient (Wildman–Crippen LogP) is 3.43. The molecule has 0 aliphatic heterocycles. The summed E-state index contributed by atoms with van der Waals surface area (Å²) in [5.74, 6) is 0.547. The number of thiophene rings is 1. The van der Waals surface area contributed by atoms with Crippen molar-refractivity contribution in [2.24, 2.45) is 5.73 Å². The van der Waals surface area contributed by atoms with Crippen LogP contribution in [0, 0.1) is 5.82 Å². The Morgan fingerprint density at radius 2 is 2.24 bits per heavy atom. The van der Waals surface area contributed by atoms with Crippen LogP contribution in [0.1, 0.15) is 11.1 Å². The normalized spacial score (nSPS) is 10.7. The number of hydrogen-bond acceptors (Lipinski definition) is 3. The maximum atomic E-state index is 13.5. The van der Waals surface area contributed by atoms with Crippen molar-refractivity contribution in [3.8, 4) is 10.7 Å². The summed E-state index contributed by atoms with van der Waals surface area (Å²) < 4.78 is 15.5. The van der Waals surface area contributed by atoms with Gasteiger partial charge in [0.15, 0.2) is 0 Å². The average molecular weight is 317 g/mol. The van der Waals surface area contributed by atoms with E-state index in [1.807, 2.05) is 28.3 Å². The highest BCUT2D eigenvalue weighted by atomic mass is 32.1. The molecule has 0 bridgehead atoms. The molecule has 0 aliphatic rings. The van der Waals surface area contributed by atoms with Gasteiger partial charge in [-0.3, -0.25) is 0 Å². The van der Waals surface area contributed by atoms with E-state index in [1.165, 1.54) is 12.1 Å². The van der Waals surface area contributed by atoms with Gasteiger partial charge in [0.05, 0.1) is 4.88 Å². The molecular weight excluding hydrogens is 305 g/mol. The van der Waals surface area contributed by atoms with Crippen molar-refractivity contribution in [3.05, 3.63) is 65.0 Å².